The number of fused-ring (bicyclic) bond motifs is 1. The van der Waals surface area contributed by atoms with Gasteiger partial charge in [-0.25, -0.2) is 4.98 Å². The molecule has 2 heterocycles. The highest BCUT2D eigenvalue weighted by Crippen LogP contribution is 2.33. The molecule has 142 valence electrons. The van der Waals surface area contributed by atoms with Crippen molar-refractivity contribution in [2.24, 2.45) is 0 Å². The lowest BCUT2D eigenvalue weighted by Crippen LogP contribution is -2.40. The van der Waals surface area contributed by atoms with E-state index in [9.17, 15) is 14.4 Å². The Labute approximate surface area is 157 Å². The molecule has 27 heavy (non-hydrogen) atoms. The third-order valence-electron chi connectivity index (χ3n) is 4.90. The summed E-state index contributed by atoms with van der Waals surface area (Å²) in [7, 11) is 0. The molecule has 0 saturated carbocycles. The molecule has 0 saturated heterocycles. The lowest BCUT2D eigenvalue weighted by Gasteiger charge is -2.34. The molecule has 1 unspecified atom stereocenters. The van der Waals surface area contributed by atoms with Crippen molar-refractivity contribution >= 4 is 17.5 Å². The maximum Gasteiger partial charge on any atom is 0.254 e. The topological polar surface area (TPSA) is 95.2 Å². The van der Waals surface area contributed by atoms with Crippen molar-refractivity contribution in [1.29, 1.82) is 0 Å². The van der Waals surface area contributed by atoms with E-state index >= 15 is 0 Å². The van der Waals surface area contributed by atoms with Gasteiger partial charge in [-0.05, 0) is 38.3 Å². The number of hydrogen-bond donors (Lipinski definition) is 2. The largest absolute Gasteiger partial charge is 0.349 e. The molecule has 0 radical (unpaired) electrons. The first-order valence-corrected chi connectivity index (χ1v) is 9.09. The van der Waals surface area contributed by atoms with Crippen molar-refractivity contribution < 1.29 is 9.59 Å². The molecule has 1 aliphatic heterocycles. The summed E-state index contributed by atoms with van der Waals surface area (Å²) in [5.74, 6) is 0.443. The number of aromatic nitrogens is 2. The summed E-state index contributed by atoms with van der Waals surface area (Å²) in [4.78, 5) is 45.0. The van der Waals surface area contributed by atoms with Crippen LogP contribution in [0.5, 0.6) is 0 Å². The van der Waals surface area contributed by atoms with Crippen LogP contribution in [0.4, 0.5) is 5.69 Å². The number of para-hydroxylation sites is 1. The summed E-state index contributed by atoms with van der Waals surface area (Å²) in [6.45, 7) is 5.63. The van der Waals surface area contributed by atoms with Crippen LogP contribution >= 0.6 is 0 Å². The van der Waals surface area contributed by atoms with Gasteiger partial charge in [-0.1, -0.05) is 18.2 Å². The Kier molecular flexibility index (Phi) is 5.39. The Morgan fingerprint density at radius 2 is 2.04 bits per heavy atom. The molecular weight excluding hydrogens is 344 g/mol. The zero-order valence-electron chi connectivity index (χ0n) is 15.8. The smallest absolute Gasteiger partial charge is 0.254 e. The third-order valence-corrected chi connectivity index (χ3v) is 4.90. The summed E-state index contributed by atoms with van der Waals surface area (Å²) in [5, 5.41) is 3.05. The fourth-order valence-corrected chi connectivity index (χ4v) is 3.59. The minimum absolute atomic E-state index is 0.00574. The highest BCUT2D eigenvalue weighted by Gasteiger charge is 2.27. The van der Waals surface area contributed by atoms with Gasteiger partial charge in [0.15, 0.2) is 0 Å². The van der Waals surface area contributed by atoms with E-state index in [2.05, 4.69) is 15.3 Å². The summed E-state index contributed by atoms with van der Waals surface area (Å²) < 4.78 is 0. The van der Waals surface area contributed by atoms with Gasteiger partial charge < -0.3 is 15.2 Å². The van der Waals surface area contributed by atoms with E-state index < -0.39 is 0 Å². The SMILES string of the molecule is CC(=O)N1CCC(NC(=O)CCc2c(C)nc(C)[nH]c2=O)c2ccccc21. The van der Waals surface area contributed by atoms with E-state index in [1.165, 1.54) is 0 Å². The van der Waals surface area contributed by atoms with Gasteiger partial charge in [0, 0.05) is 36.8 Å². The van der Waals surface area contributed by atoms with Crippen LogP contribution < -0.4 is 15.8 Å². The normalized spacial score (nSPS) is 16.0. The number of rotatable bonds is 4. The molecule has 0 bridgehead atoms. The summed E-state index contributed by atoms with van der Waals surface area (Å²) in [5.41, 5.74) is 2.80. The number of nitrogens with zero attached hydrogens (tertiary/aromatic N) is 2. The van der Waals surface area contributed by atoms with E-state index in [4.69, 9.17) is 0 Å². The van der Waals surface area contributed by atoms with Crippen LogP contribution in [0.1, 0.15) is 48.5 Å². The molecule has 7 nitrogen and oxygen atoms in total. The van der Waals surface area contributed by atoms with Crippen LogP contribution in [0, 0.1) is 13.8 Å². The molecule has 2 aromatic rings. The average Bonchev–Trinajstić information content (AvgIpc) is 2.60. The predicted octanol–water partition coefficient (Wildman–Crippen LogP) is 1.93. The minimum Gasteiger partial charge on any atom is -0.349 e. The number of anilines is 1. The molecule has 2 N–H and O–H groups in total. The van der Waals surface area contributed by atoms with Crippen LogP contribution in [0.15, 0.2) is 29.1 Å². The summed E-state index contributed by atoms with van der Waals surface area (Å²) in [6, 6.07) is 7.49. The van der Waals surface area contributed by atoms with E-state index in [1.54, 1.807) is 25.7 Å². The number of benzene rings is 1. The van der Waals surface area contributed by atoms with Gasteiger partial charge in [-0.15, -0.1) is 0 Å². The van der Waals surface area contributed by atoms with E-state index in [-0.39, 0.29) is 29.8 Å². The van der Waals surface area contributed by atoms with Gasteiger partial charge >= 0.3 is 0 Å². The van der Waals surface area contributed by atoms with Gasteiger partial charge in [-0.3, -0.25) is 14.4 Å². The number of amides is 2. The van der Waals surface area contributed by atoms with Crippen LogP contribution in [0.2, 0.25) is 0 Å². The number of carbonyl (C=O) groups excluding carboxylic acids is 2. The fourth-order valence-electron chi connectivity index (χ4n) is 3.59. The molecule has 2 amide bonds. The Bertz CT molecular complexity index is 935. The first kappa shape index (κ1) is 18.8. The Morgan fingerprint density at radius 3 is 2.74 bits per heavy atom. The second-order valence-corrected chi connectivity index (χ2v) is 6.85. The van der Waals surface area contributed by atoms with Crippen molar-refractivity contribution in [2.45, 2.75) is 46.1 Å². The summed E-state index contributed by atoms with van der Waals surface area (Å²) >= 11 is 0. The van der Waals surface area contributed by atoms with Gasteiger partial charge in [0.25, 0.3) is 5.56 Å². The highest BCUT2D eigenvalue weighted by atomic mass is 16.2. The van der Waals surface area contributed by atoms with Gasteiger partial charge in [-0.2, -0.15) is 0 Å². The van der Waals surface area contributed by atoms with E-state index in [0.29, 0.717) is 36.5 Å². The molecular formula is C20H24N4O3. The lowest BCUT2D eigenvalue weighted by molar-refractivity contribution is -0.121. The zero-order chi connectivity index (χ0) is 19.6. The van der Waals surface area contributed by atoms with Crippen molar-refractivity contribution in [3.05, 3.63) is 57.3 Å². The molecule has 1 aromatic heterocycles. The average molecular weight is 368 g/mol. The third kappa shape index (κ3) is 4.07. The monoisotopic (exact) mass is 368 g/mol. The second-order valence-electron chi connectivity index (χ2n) is 6.85. The van der Waals surface area contributed by atoms with Crippen molar-refractivity contribution in [1.82, 2.24) is 15.3 Å². The van der Waals surface area contributed by atoms with Gasteiger partial charge in [0.2, 0.25) is 11.8 Å². The minimum atomic E-state index is -0.187. The maximum atomic E-state index is 12.5. The van der Waals surface area contributed by atoms with Crippen molar-refractivity contribution in [3.63, 3.8) is 0 Å². The number of nitrogens with one attached hydrogen (secondary N) is 2. The van der Waals surface area contributed by atoms with Crippen LogP contribution in [-0.4, -0.2) is 28.3 Å². The van der Waals surface area contributed by atoms with Crippen LogP contribution in [0.25, 0.3) is 0 Å². The number of hydrogen-bond acceptors (Lipinski definition) is 4. The molecule has 0 spiro atoms. The number of aryl methyl sites for hydroxylation is 2. The fraction of sp³-hybridized carbons (Fsp3) is 0.400. The molecule has 1 aliphatic rings. The molecule has 7 heteroatoms. The predicted molar refractivity (Wildman–Crippen MR) is 103 cm³/mol. The molecule has 1 aromatic carbocycles. The van der Waals surface area contributed by atoms with Gasteiger partial charge in [0.1, 0.15) is 5.82 Å². The molecule has 0 aliphatic carbocycles. The number of H-pyrrole nitrogens is 1. The first-order valence-electron chi connectivity index (χ1n) is 9.09. The molecule has 3 rings (SSSR count). The van der Waals surface area contributed by atoms with Gasteiger partial charge in [0.05, 0.1) is 6.04 Å². The molecule has 0 fully saturated rings. The van der Waals surface area contributed by atoms with E-state index in [1.807, 2.05) is 24.3 Å². The zero-order valence-corrected chi connectivity index (χ0v) is 15.8. The Balaban J connectivity index is 1.69. The Hall–Kier alpha value is -2.96. The molecule has 1 atom stereocenters. The second kappa shape index (κ2) is 7.73. The standard InChI is InChI=1S/C20H24N4O3/c1-12-15(20(27)22-13(2)21-12)8-9-19(26)23-17-10-11-24(14(3)25)18-7-5-4-6-16(17)18/h4-7,17H,8-11H2,1-3H3,(H,23,26)(H,21,22,27). The maximum absolute atomic E-state index is 12.5. The quantitative estimate of drug-likeness (QED) is 0.862. The van der Waals surface area contributed by atoms with Crippen molar-refractivity contribution in [2.75, 3.05) is 11.4 Å². The summed E-state index contributed by atoms with van der Waals surface area (Å²) in [6.07, 6.45) is 1.21. The Morgan fingerprint density at radius 1 is 1.30 bits per heavy atom. The number of aromatic amines is 1. The van der Waals surface area contributed by atoms with Crippen LogP contribution in [0.3, 0.4) is 0 Å². The van der Waals surface area contributed by atoms with Crippen LogP contribution in [-0.2, 0) is 16.0 Å². The first-order chi connectivity index (χ1) is 12.9. The lowest BCUT2D eigenvalue weighted by atomic mass is 9.96. The van der Waals surface area contributed by atoms with Crippen molar-refractivity contribution in [3.8, 4) is 0 Å². The number of carbonyl (C=O) groups is 2. The van der Waals surface area contributed by atoms with E-state index in [0.717, 1.165) is 11.3 Å². The highest BCUT2D eigenvalue weighted by molar-refractivity contribution is 5.93.